The number of hydrogen-bond acceptors (Lipinski definition) is 2. The summed E-state index contributed by atoms with van der Waals surface area (Å²) in [6, 6.07) is 3.90. The largest absolute Gasteiger partial charge is 0.446 e. The molecule has 62 valence electrons. The van der Waals surface area contributed by atoms with E-state index in [0.717, 1.165) is 11.6 Å². The molecule has 1 aromatic rings. The lowest BCUT2D eigenvalue weighted by atomic mass is 10.1. The highest BCUT2D eigenvalue weighted by molar-refractivity contribution is 5.34. The van der Waals surface area contributed by atoms with E-state index in [1.165, 1.54) is 0 Å². The zero-order chi connectivity index (χ0) is 8.48. The Labute approximate surface area is 67.6 Å². The zero-order valence-corrected chi connectivity index (χ0v) is 7.56. The Hall–Kier alpha value is -0.920. The first kappa shape index (κ1) is 8.18. The molecule has 11 heavy (non-hydrogen) atoms. The summed E-state index contributed by atoms with van der Waals surface area (Å²) in [6.07, 6.45) is 0. The van der Waals surface area contributed by atoms with Crippen LogP contribution < -0.4 is 5.32 Å². The topological polar surface area (TPSA) is 25.2 Å². The molecule has 0 aliphatic carbocycles. The van der Waals surface area contributed by atoms with Crippen LogP contribution in [0.25, 0.3) is 0 Å². The minimum Gasteiger partial charge on any atom is -0.446 e. The Kier molecular flexibility index (Phi) is 1.94. The fourth-order valence-electron chi connectivity index (χ4n) is 0.871. The molecule has 2 nitrogen and oxygen atoms in total. The third-order valence-corrected chi connectivity index (χ3v) is 1.24. The molecule has 0 bridgehead atoms. The number of rotatable bonds is 1. The summed E-state index contributed by atoms with van der Waals surface area (Å²) in [5, 5.41) is 3.24. The van der Waals surface area contributed by atoms with Crippen LogP contribution in [0.3, 0.4) is 0 Å². The second-order valence-corrected chi connectivity index (χ2v) is 3.79. The van der Waals surface area contributed by atoms with Crippen molar-refractivity contribution in [1.29, 1.82) is 0 Å². The van der Waals surface area contributed by atoms with Crippen molar-refractivity contribution in [3.63, 3.8) is 0 Å². The molecule has 0 saturated heterocycles. The SMILES string of the molecule is Cc1ccc(NC(C)(C)C)o1. The number of anilines is 1. The van der Waals surface area contributed by atoms with Crippen LogP contribution in [0.5, 0.6) is 0 Å². The van der Waals surface area contributed by atoms with E-state index < -0.39 is 0 Å². The van der Waals surface area contributed by atoms with Gasteiger partial charge in [0, 0.05) is 11.6 Å². The molecule has 0 atom stereocenters. The van der Waals surface area contributed by atoms with Gasteiger partial charge in [-0.1, -0.05) is 0 Å². The zero-order valence-electron chi connectivity index (χ0n) is 7.56. The molecule has 0 unspecified atom stereocenters. The van der Waals surface area contributed by atoms with Gasteiger partial charge in [0.2, 0.25) is 0 Å². The van der Waals surface area contributed by atoms with Crippen molar-refractivity contribution >= 4 is 5.88 Å². The quantitative estimate of drug-likeness (QED) is 0.671. The van der Waals surface area contributed by atoms with E-state index in [0.29, 0.717) is 0 Å². The van der Waals surface area contributed by atoms with Crippen LogP contribution in [-0.2, 0) is 0 Å². The summed E-state index contributed by atoms with van der Waals surface area (Å²) >= 11 is 0. The van der Waals surface area contributed by atoms with Crippen molar-refractivity contribution in [3.8, 4) is 0 Å². The van der Waals surface area contributed by atoms with Crippen LogP contribution >= 0.6 is 0 Å². The van der Waals surface area contributed by atoms with Gasteiger partial charge in [-0.15, -0.1) is 0 Å². The van der Waals surface area contributed by atoms with Crippen LogP contribution in [0.2, 0.25) is 0 Å². The highest BCUT2D eigenvalue weighted by atomic mass is 16.4. The number of aryl methyl sites for hydroxylation is 1. The van der Waals surface area contributed by atoms with E-state index in [1.54, 1.807) is 0 Å². The lowest BCUT2D eigenvalue weighted by Gasteiger charge is -2.19. The Morgan fingerprint density at radius 1 is 1.27 bits per heavy atom. The Balaban J connectivity index is 2.65. The first-order valence-corrected chi connectivity index (χ1v) is 3.82. The van der Waals surface area contributed by atoms with Gasteiger partial charge < -0.3 is 9.73 Å². The Bertz CT molecular complexity index is 232. The van der Waals surface area contributed by atoms with E-state index in [9.17, 15) is 0 Å². The summed E-state index contributed by atoms with van der Waals surface area (Å²) in [6.45, 7) is 8.24. The second-order valence-electron chi connectivity index (χ2n) is 3.79. The monoisotopic (exact) mass is 153 g/mol. The predicted octanol–water partition coefficient (Wildman–Crippen LogP) is 2.80. The average molecular weight is 153 g/mol. The molecule has 1 aromatic heterocycles. The van der Waals surface area contributed by atoms with Crippen LogP contribution in [0.4, 0.5) is 5.88 Å². The van der Waals surface area contributed by atoms with Crippen molar-refractivity contribution in [1.82, 2.24) is 0 Å². The molecular formula is C9H15NO. The normalized spacial score (nSPS) is 11.6. The highest BCUT2D eigenvalue weighted by Gasteiger charge is 2.10. The van der Waals surface area contributed by atoms with Crippen molar-refractivity contribution in [2.24, 2.45) is 0 Å². The van der Waals surface area contributed by atoms with Crippen LogP contribution in [-0.4, -0.2) is 5.54 Å². The third kappa shape index (κ3) is 2.66. The molecule has 0 saturated carbocycles. The van der Waals surface area contributed by atoms with E-state index in [2.05, 4.69) is 26.1 Å². The van der Waals surface area contributed by atoms with E-state index in [1.807, 2.05) is 19.1 Å². The van der Waals surface area contributed by atoms with Gasteiger partial charge in [0.1, 0.15) is 5.76 Å². The van der Waals surface area contributed by atoms with Crippen molar-refractivity contribution in [3.05, 3.63) is 17.9 Å². The van der Waals surface area contributed by atoms with E-state index >= 15 is 0 Å². The van der Waals surface area contributed by atoms with Crippen molar-refractivity contribution in [2.45, 2.75) is 33.2 Å². The van der Waals surface area contributed by atoms with Gasteiger partial charge in [-0.2, -0.15) is 0 Å². The fourth-order valence-corrected chi connectivity index (χ4v) is 0.871. The molecule has 0 aromatic carbocycles. The summed E-state index contributed by atoms with van der Waals surface area (Å²) in [5.41, 5.74) is 0.0737. The lowest BCUT2D eigenvalue weighted by molar-refractivity contribution is 0.517. The molecule has 1 N–H and O–H groups in total. The maximum absolute atomic E-state index is 5.35. The molecule has 0 aliphatic rings. The molecule has 1 rings (SSSR count). The highest BCUT2D eigenvalue weighted by Crippen LogP contribution is 2.16. The van der Waals surface area contributed by atoms with E-state index in [4.69, 9.17) is 4.42 Å². The maximum Gasteiger partial charge on any atom is 0.193 e. The molecular weight excluding hydrogens is 138 g/mol. The first-order chi connectivity index (χ1) is 4.97. The summed E-state index contributed by atoms with van der Waals surface area (Å²) < 4.78 is 5.35. The Morgan fingerprint density at radius 2 is 1.91 bits per heavy atom. The molecule has 0 fully saturated rings. The van der Waals surface area contributed by atoms with Gasteiger partial charge >= 0.3 is 0 Å². The molecule has 1 heterocycles. The molecule has 0 spiro atoms. The van der Waals surface area contributed by atoms with Gasteiger partial charge in [-0.3, -0.25) is 0 Å². The maximum atomic E-state index is 5.35. The van der Waals surface area contributed by atoms with Gasteiger partial charge in [-0.25, -0.2) is 0 Å². The van der Waals surface area contributed by atoms with Crippen LogP contribution in [0.15, 0.2) is 16.5 Å². The number of nitrogens with one attached hydrogen (secondary N) is 1. The van der Waals surface area contributed by atoms with Gasteiger partial charge in [0.25, 0.3) is 0 Å². The first-order valence-electron chi connectivity index (χ1n) is 3.82. The van der Waals surface area contributed by atoms with Crippen molar-refractivity contribution < 1.29 is 4.42 Å². The molecule has 0 radical (unpaired) electrons. The minimum absolute atomic E-state index is 0.0737. The van der Waals surface area contributed by atoms with Crippen molar-refractivity contribution in [2.75, 3.05) is 5.32 Å². The van der Waals surface area contributed by atoms with Gasteiger partial charge in [-0.05, 0) is 33.8 Å². The van der Waals surface area contributed by atoms with Gasteiger partial charge in [0.15, 0.2) is 5.88 Å². The van der Waals surface area contributed by atoms with E-state index in [-0.39, 0.29) is 5.54 Å². The average Bonchev–Trinajstić information content (AvgIpc) is 2.10. The number of furan rings is 1. The lowest BCUT2D eigenvalue weighted by Crippen LogP contribution is -2.25. The smallest absolute Gasteiger partial charge is 0.193 e. The molecule has 2 heteroatoms. The molecule has 0 amide bonds. The number of hydrogen-bond donors (Lipinski definition) is 1. The molecule has 0 aliphatic heterocycles. The fraction of sp³-hybridized carbons (Fsp3) is 0.556. The summed E-state index contributed by atoms with van der Waals surface area (Å²) in [4.78, 5) is 0. The van der Waals surface area contributed by atoms with Crippen LogP contribution in [0.1, 0.15) is 26.5 Å². The Morgan fingerprint density at radius 3 is 2.27 bits per heavy atom. The minimum atomic E-state index is 0.0737. The standard InChI is InChI=1S/C9H15NO/c1-7-5-6-8(11-7)10-9(2,3)4/h5-6,10H,1-4H3. The summed E-state index contributed by atoms with van der Waals surface area (Å²) in [7, 11) is 0. The third-order valence-electron chi connectivity index (χ3n) is 1.24. The second kappa shape index (κ2) is 2.61. The van der Waals surface area contributed by atoms with Crippen LogP contribution in [0, 0.1) is 6.92 Å². The van der Waals surface area contributed by atoms with Gasteiger partial charge in [0.05, 0.1) is 0 Å². The summed E-state index contributed by atoms with van der Waals surface area (Å²) in [5.74, 6) is 1.78. The predicted molar refractivity (Wildman–Crippen MR) is 46.8 cm³/mol.